The van der Waals surface area contributed by atoms with E-state index in [2.05, 4.69) is 20.3 Å². The summed E-state index contributed by atoms with van der Waals surface area (Å²) < 4.78 is 38.8. The summed E-state index contributed by atoms with van der Waals surface area (Å²) in [5.41, 5.74) is 1.45. The molecule has 1 amide bonds. The molecule has 10 heteroatoms. The third-order valence-electron chi connectivity index (χ3n) is 5.72. The van der Waals surface area contributed by atoms with E-state index in [1.807, 2.05) is 13.0 Å². The van der Waals surface area contributed by atoms with Crippen LogP contribution in [0.2, 0.25) is 0 Å². The van der Waals surface area contributed by atoms with Crippen LogP contribution in [0.1, 0.15) is 41.5 Å². The molecule has 34 heavy (non-hydrogen) atoms. The van der Waals surface area contributed by atoms with Crippen molar-refractivity contribution in [3.63, 3.8) is 0 Å². The van der Waals surface area contributed by atoms with Gasteiger partial charge in [0.1, 0.15) is 11.4 Å². The maximum atomic E-state index is 12.9. The van der Waals surface area contributed by atoms with E-state index in [0.29, 0.717) is 37.3 Å². The average molecular weight is 471 g/mol. The van der Waals surface area contributed by atoms with Crippen molar-refractivity contribution in [1.29, 1.82) is 0 Å². The van der Waals surface area contributed by atoms with Gasteiger partial charge < -0.3 is 15.3 Å². The molecule has 1 fully saturated rings. The highest BCUT2D eigenvalue weighted by molar-refractivity contribution is 5.92. The Hall–Kier alpha value is -3.53. The van der Waals surface area contributed by atoms with E-state index < -0.39 is 17.5 Å². The minimum Gasteiger partial charge on any atom is -0.390 e. The van der Waals surface area contributed by atoms with Gasteiger partial charge in [-0.2, -0.15) is 13.2 Å². The van der Waals surface area contributed by atoms with E-state index in [0.717, 1.165) is 29.0 Å². The number of aryl methyl sites for hydroxylation is 1. The number of rotatable bonds is 4. The molecule has 2 aromatic heterocycles. The van der Waals surface area contributed by atoms with Crippen LogP contribution in [0.4, 0.5) is 24.8 Å². The lowest BCUT2D eigenvalue weighted by Crippen LogP contribution is -2.45. The number of carbonyl (C=O) groups is 1. The Morgan fingerprint density at radius 3 is 2.47 bits per heavy atom. The maximum absolute atomic E-state index is 12.9. The molecule has 7 nitrogen and oxygen atoms in total. The molecule has 4 rings (SSSR count). The number of hydrogen-bond acceptors (Lipinski definition) is 6. The fourth-order valence-corrected chi connectivity index (χ4v) is 3.77. The summed E-state index contributed by atoms with van der Waals surface area (Å²) in [4.78, 5) is 26.2. The van der Waals surface area contributed by atoms with Gasteiger partial charge in [0.15, 0.2) is 0 Å². The molecule has 3 aromatic rings. The summed E-state index contributed by atoms with van der Waals surface area (Å²) in [7, 11) is 0. The Balaban J connectivity index is 1.51. The molecule has 2 N–H and O–H groups in total. The molecule has 1 aliphatic rings. The van der Waals surface area contributed by atoms with Crippen molar-refractivity contribution >= 4 is 17.5 Å². The lowest BCUT2D eigenvalue weighted by Gasteiger charge is -2.35. The van der Waals surface area contributed by atoms with Crippen molar-refractivity contribution in [2.45, 2.75) is 38.5 Å². The second-order valence-electron chi connectivity index (χ2n) is 8.70. The number of carbonyl (C=O) groups excluding carboxylic acids is 1. The number of pyridine rings is 1. The quantitative estimate of drug-likeness (QED) is 0.578. The van der Waals surface area contributed by atoms with Crippen LogP contribution in [-0.2, 0) is 6.18 Å². The third kappa shape index (κ3) is 5.51. The average Bonchev–Trinajstić information content (AvgIpc) is 2.78. The molecular weight excluding hydrogens is 447 g/mol. The molecular formula is C24H24F3N5O2. The zero-order valence-electron chi connectivity index (χ0n) is 18.7. The normalized spacial score (nSPS) is 15.8. The number of aromatic nitrogens is 3. The van der Waals surface area contributed by atoms with E-state index in [4.69, 9.17) is 0 Å². The number of nitrogens with zero attached hydrogens (tertiary/aromatic N) is 4. The van der Waals surface area contributed by atoms with Gasteiger partial charge in [-0.1, -0.05) is 12.1 Å². The monoisotopic (exact) mass is 471 g/mol. The first-order chi connectivity index (χ1) is 16.0. The number of likely N-dealkylation sites (tertiary alicyclic amines) is 1. The van der Waals surface area contributed by atoms with Gasteiger partial charge in [0, 0.05) is 36.7 Å². The van der Waals surface area contributed by atoms with Crippen molar-refractivity contribution in [2.24, 2.45) is 0 Å². The number of halogens is 3. The molecule has 0 spiro atoms. The van der Waals surface area contributed by atoms with E-state index in [9.17, 15) is 23.1 Å². The third-order valence-corrected chi connectivity index (χ3v) is 5.72. The van der Waals surface area contributed by atoms with Gasteiger partial charge in [-0.05, 0) is 62.1 Å². The molecule has 3 heterocycles. The van der Waals surface area contributed by atoms with Crippen molar-refractivity contribution in [2.75, 3.05) is 18.4 Å². The Labute approximate surface area is 194 Å². The number of anilines is 2. The van der Waals surface area contributed by atoms with Gasteiger partial charge in [0.2, 0.25) is 5.95 Å². The molecule has 0 aliphatic carbocycles. The van der Waals surface area contributed by atoms with Crippen LogP contribution >= 0.6 is 0 Å². The fourth-order valence-electron chi connectivity index (χ4n) is 3.77. The molecule has 178 valence electrons. The van der Waals surface area contributed by atoms with Crippen molar-refractivity contribution in [1.82, 2.24) is 19.9 Å². The highest BCUT2D eigenvalue weighted by atomic mass is 19.4. The summed E-state index contributed by atoms with van der Waals surface area (Å²) in [5.74, 6) is -0.346. The van der Waals surface area contributed by atoms with Crippen LogP contribution in [0.25, 0.3) is 11.1 Å². The smallest absolute Gasteiger partial charge is 0.390 e. The fraction of sp³-hybridized carbons (Fsp3) is 0.333. The van der Waals surface area contributed by atoms with Crippen LogP contribution in [0.15, 0.2) is 48.8 Å². The molecule has 1 aliphatic heterocycles. The van der Waals surface area contributed by atoms with E-state index in [1.54, 1.807) is 42.3 Å². The van der Waals surface area contributed by atoms with Gasteiger partial charge in [-0.3, -0.25) is 9.78 Å². The first-order valence-electron chi connectivity index (χ1n) is 10.8. The van der Waals surface area contributed by atoms with Gasteiger partial charge >= 0.3 is 6.18 Å². The van der Waals surface area contributed by atoms with Gasteiger partial charge in [0.05, 0.1) is 5.60 Å². The summed E-state index contributed by atoms with van der Waals surface area (Å²) in [6, 6.07) is 9.66. The summed E-state index contributed by atoms with van der Waals surface area (Å²) >= 11 is 0. The van der Waals surface area contributed by atoms with Crippen LogP contribution in [0.5, 0.6) is 0 Å². The molecule has 1 saturated heterocycles. The highest BCUT2D eigenvalue weighted by Crippen LogP contribution is 2.29. The lowest BCUT2D eigenvalue weighted by molar-refractivity contribution is -0.141. The Kier molecular flexibility index (Phi) is 6.26. The summed E-state index contributed by atoms with van der Waals surface area (Å²) in [5, 5.41) is 12.9. The van der Waals surface area contributed by atoms with Gasteiger partial charge in [0.25, 0.3) is 5.91 Å². The minimum atomic E-state index is -4.56. The maximum Gasteiger partial charge on any atom is 0.433 e. The van der Waals surface area contributed by atoms with Crippen molar-refractivity contribution in [3.8, 4) is 11.1 Å². The van der Waals surface area contributed by atoms with Gasteiger partial charge in [-0.15, -0.1) is 0 Å². The van der Waals surface area contributed by atoms with Crippen molar-refractivity contribution in [3.05, 3.63) is 65.7 Å². The Morgan fingerprint density at radius 1 is 1.09 bits per heavy atom. The minimum absolute atomic E-state index is 0.161. The predicted octanol–water partition coefficient (Wildman–Crippen LogP) is 4.60. The zero-order valence-corrected chi connectivity index (χ0v) is 18.7. The largest absolute Gasteiger partial charge is 0.433 e. The predicted molar refractivity (Wildman–Crippen MR) is 120 cm³/mol. The van der Waals surface area contributed by atoms with E-state index >= 15 is 0 Å². The van der Waals surface area contributed by atoms with Gasteiger partial charge in [-0.25, -0.2) is 9.97 Å². The molecule has 0 unspecified atom stereocenters. The Bertz CT molecular complexity index is 1190. The number of piperidine rings is 1. The topological polar surface area (TPSA) is 91.2 Å². The van der Waals surface area contributed by atoms with Crippen LogP contribution in [0.3, 0.4) is 0 Å². The lowest BCUT2D eigenvalue weighted by atomic mass is 9.93. The number of amides is 1. The summed E-state index contributed by atoms with van der Waals surface area (Å²) in [6.07, 6.45) is -0.879. The molecule has 0 bridgehead atoms. The molecule has 0 saturated carbocycles. The van der Waals surface area contributed by atoms with Crippen LogP contribution in [0, 0.1) is 6.92 Å². The number of benzene rings is 1. The summed E-state index contributed by atoms with van der Waals surface area (Å²) in [6.45, 7) is 4.57. The number of hydrogen-bond donors (Lipinski definition) is 2. The highest BCUT2D eigenvalue weighted by Gasteiger charge is 2.33. The first-order valence-corrected chi connectivity index (χ1v) is 10.8. The second kappa shape index (κ2) is 9.02. The second-order valence-corrected chi connectivity index (χ2v) is 8.70. The number of aliphatic hydroxyl groups is 1. The van der Waals surface area contributed by atoms with E-state index in [1.165, 1.54) is 0 Å². The molecule has 0 radical (unpaired) electrons. The number of nitrogens with one attached hydrogen (secondary N) is 1. The SMILES string of the molecule is Cc1cc(Nc2nccc(C(F)(F)F)n2)cc(-c2ccc(C(=O)N3CCC(C)(O)CC3)nc2)c1. The first kappa shape index (κ1) is 23.6. The van der Waals surface area contributed by atoms with Crippen molar-refractivity contribution < 1.29 is 23.1 Å². The zero-order chi connectivity index (χ0) is 24.5. The van der Waals surface area contributed by atoms with E-state index in [-0.39, 0.29) is 11.9 Å². The molecule has 1 aromatic carbocycles. The van der Waals surface area contributed by atoms with Crippen LogP contribution < -0.4 is 5.32 Å². The molecule has 0 atom stereocenters. The van der Waals surface area contributed by atoms with Crippen LogP contribution in [-0.4, -0.2) is 49.6 Å². The standard InChI is InChI=1S/C24H24F3N5O2/c1-15-11-17(13-18(12-15)30-22-28-8-5-20(31-22)24(25,26)27)16-3-4-19(29-14-16)21(33)32-9-6-23(2,34)7-10-32/h3-5,8,11-14,34H,6-7,9-10H2,1-2H3,(H,28,30,31). The number of alkyl halides is 3. The Morgan fingerprint density at radius 2 is 1.82 bits per heavy atom.